The largest absolute Gasteiger partial charge is 0.462 e. The van der Waals surface area contributed by atoms with Crippen LogP contribution in [0.2, 0.25) is 0 Å². The van der Waals surface area contributed by atoms with Crippen LogP contribution in [0.4, 0.5) is 0 Å². The number of esters is 1. The maximum atomic E-state index is 15.2. The number of likely N-dealkylation sites (N-methyl/N-ethyl adjacent to an activating group) is 1. The highest BCUT2D eigenvalue weighted by Gasteiger charge is 2.57. The lowest BCUT2D eigenvalue weighted by molar-refractivity contribution is -0.314. The van der Waals surface area contributed by atoms with E-state index in [9.17, 15) is 4.79 Å². The Morgan fingerprint density at radius 3 is 2.30 bits per heavy atom. The molecule has 17 atom stereocenters. The fourth-order valence-corrected chi connectivity index (χ4v) is 13.1. The molecule has 3 aliphatic carbocycles. The minimum atomic E-state index is -0.652. The molecule has 4 heterocycles. The lowest BCUT2D eigenvalue weighted by atomic mass is 9.67. The molecular weight excluding hydrogens is 797 g/mol. The van der Waals surface area contributed by atoms with E-state index in [0.717, 1.165) is 66.8 Å². The average molecular weight is 865 g/mol. The van der Waals surface area contributed by atoms with E-state index >= 15 is 4.79 Å². The molecule has 0 N–H and O–H groups in total. The van der Waals surface area contributed by atoms with Crippen LogP contribution in [0, 0.1) is 23.7 Å². The van der Waals surface area contributed by atoms with Gasteiger partial charge in [0, 0.05) is 61.5 Å². The highest BCUT2D eigenvalue weighted by Crippen LogP contribution is 2.63. The number of ether oxygens (including phenoxy) is 8. The molecule has 0 spiro atoms. The highest BCUT2D eigenvalue weighted by molar-refractivity contribution is 7.15. The highest BCUT2D eigenvalue weighted by atomic mass is 32.1. The monoisotopic (exact) mass is 864 g/mol. The van der Waals surface area contributed by atoms with Crippen LogP contribution in [0.5, 0.6) is 0 Å². The van der Waals surface area contributed by atoms with Gasteiger partial charge in [-0.15, -0.1) is 11.3 Å². The third-order valence-electron chi connectivity index (χ3n) is 14.9. The van der Waals surface area contributed by atoms with E-state index < -0.39 is 18.3 Å². The molecule has 3 saturated heterocycles. The third kappa shape index (κ3) is 8.94. The summed E-state index contributed by atoms with van der Waals surface area (Å²) in [7, 11) is 9.17. The summed E-state index contributed by atoms with van der Waals surface area (Å²) in [5.74, 6) is -0.878. The lowest BCUT2D eigenvalue weighted by Gasteiger charge is -2.44. The van der Waals surface area contributed by atoms with Crippen molar-refractivity contribution in [3.8, 4) is 10.6 Å². The summed E-state index contributed by atoms with van der Waals surface area (Å²) in [5.41, 5.74) is 2.78. The van der Waals surface area contributed by atoms with Crippen molar-refractivity contribution in [3.63, 3.8) is 0 Å². The summed E-state index contributed by atoms with van der Waals surface area (Å²) in [4.78, 5) is 38.1. The van der Waals surface area contributed by atoms with Crippen molar-refractivity contribution in [1.29, 1.82) is 0 Å². The molecule has 61 heavy (non-hydrogen) atoms. The zero-order chi connectivity index (χ0) is 43.1. The molecule has 0 radical (unpaired) electrons. The maximum absolute atomic E-state index is 15.2. The van der Waals surface area contributed by atoms with Crippen molar-refractivity contribution in [1.82, 2.24) is 9.88 Å². The Bertz CT molecular complexity index is 1860. The van der Waals surface area contributed by atoms with Crippen LogP contribution in [0.25, 0.3) is 10.6 Å². The van der Waals surface area contributed by atoms with Crippen molar-refractivity contribution >= 4 is 23.1 Å². The standard InChI is InChI=1S/C48H68N2O10S/c1-10-29-17-14-18-37(60-39-20-19-36(50(5)6)26(3)56-39)25(2)42(52)34-23-32-31-21-30(59-48-45(55-9)44(54-8)43(53-7)27(4)57-48)22-35(31)46-41(40(32)33(34)24-38(51)58-29)49-47(61-46)28-15-12-11-13-16-28/h11-13,15-16,23,25-27,29-33,35-37,39-40,43-45,48H,10,14,17-22,24H2,1-9H3/t25-,26-,27+,29+,30+,31+,32+,33-,35-,36+,37+,39+,40-,43+,44-,45-,48+/m1/s1. The third-order valence-corrected chi connectivity index (χ3v) is 16.2. The zero-order valence-electron chi connectivity index (χ0n) is 37.5. The Morgan fingerprint density at radius 1 is 0.852 bits per heavy atom. The van der Waals surface area contributed by atoms with Crippen LogP contribution in [0.1, 0.15) is 108 Å². The van der Waals surface area contributed by atoms with Gasteiger partial charge in [-0.25, -0.2) is 4.98 Å². The first kappa shape index (κ1) is 45.0. The van der Waals surface area contributed by atoms with E-state index in [1.54, 1.807) is 32.7 Å². The Kier molecular flexibility index (Phi) is 14.2. The molecule has 0 unspecified atom stereocenters. The van der Waals surface area contributed by atoms with Gasteiger partial charge in [-0.1, -0.05) is 50.3 Å². The van der Waals surface area contributed by atoms with Gasteiger partial charge in [0.15, 0.2) is 18.4 Å². The summed E-state index contributed by atoms with van der Waals surface area (Å²) < 4.78 is 50.6. The molecule has 6 aliphatic rings. The number of hydrogen-bond donors (Lipinski definition) is 0. The Labute approximate surface area is 366 Å². The number of hydrogen-bond acceptors (Lipinski definition) is 13. The number of fused-ring (bicyclic) bond motifs is 8. The van der Waals surface area contributed by atoms with Crippen LogP contribution in [0.15, 0.2) is 42.0 Å². The minimum absolute atomic E-state index is 0.0114. The molecule has 3 aliphatic heterocycles. The van der Waals surface area contributed by atoms with Gasteiger partial charge in [0.25, 0.3) is 0 Å². The molecule has 0 bridgehead atoms. The van der Waals surface area contributed by atoms with Gasteiger partial charge in [-0.3, -0.25) is 9.59 Å². The minimum Gasteiger partial charge on any atom is -0.462 e. The molecule has 1 saturated carbocycles. The predicted molar refractivity (Wildman–Crippen MR) is 231 cm³/mol. The maximum Gasteiger partial charge on any atom is 0.306 e. The van der Waals surface area contributed by atoms with Crippen LogP contribution in [0.3, 0.4) is 0 Å². The summed E-state index contributed by atoms with van der Waals surface area (Å²) in [6.45, 7) is 8.18. The Morgan fingerprint density at radius 2 is 1.61 bits per heavy atom. The number of rotatable bonds is 10. The molecule has 8 rings (SSSR count). The number of Topliss-reactive ketones (excluding diaryl/α,β-unsaturated/α-hetero) is 1. The van der Waals surface area contributed by atoms with E-state index in [1.807, 2.05) is 32.0 Å². The van der Waals surface area contributed by atoms with Gasteiger partial charge in [-0.2, -0.15) is 0 Å². The Hall–Kier alpha value is -2.59. The molecule has 1 aromatic carbocycles. The number of allylic oxidation sites excluding steroid dienone is 2. The second-order valence-corrected chi connectivity index (χ2v) is 19.7. The van der Waals surface area contributed by atoms with Gasteiger partial charge in [0.1, 0.15) is 29.4 Å². The van der Waals surface area contributed by atoms with Crippen LogP contribution < -0.4 is 0 Å². The SMILES string of the molecule is CC[C@H]1CCC[C@H](O[C@H]2CC[C@H](N(C)C)[C@@H](C)O2)[C@@H](C)C(=O)C2=C[C@H]3[C@@H]4C[C@H](O[C@@H]5O[C@@H](C)[C@H](OC)[C@@H](OC)[C@H]5OC)C[C@H]4c4sc(-c5ccccc5)nc4[C@H]3[C@@H]2CC(=O)O1. The molecule has 0 amide bonds. The van der Waals surface area contributed by atoms with E-state index in [0.29, 0.717) is 12.5 Å². The fourth-order valence-electron chi connectivity index (χ4n) is 11.8. The normalized spacial score (nSPS) is 40.6. The second-order valence-electron chi connectivity index (χ2n) is 18.6. The van der Waals surface area contributed by atoms with Gasteiger partial charge in [0.05, 0.1) is 36.5 Å². The summed E-state index contributed by atoms with van der Waals surface area (Å²) >= 11 is 1.74. The van der Waals surface area contributed by atoms with Gasteiger partial charge < -0.3 is 42.8 Å². The van der Waals surface area contributed by atoms with E-state index in [-0.39, 0.29) is 96.8 Å². The number of thiazole rings is 1. The van der Waals surface area contributed by atoms with Gasteiger partial charge >= 0.3 is 5.97 Å². The first-order valence-electron chi connectivity index (χ1n) is 22.8. The van der Waals surface area contributed by atoms with Gasteiger partial charge in [-0.05, 0) is 96.7 Å². The van der Waals surface area contributed by atoms with Crippen molar-refractivity contribution < 1.29 is 47.5 Å². The number of carbonyl (C=O) groups excluding carboxylic acids is 2. The fraction of sp³-hybridized carbons (Fsp3) is 0.729. The number of benzene rings is 1. The van der Waals surface area contributed by atoms with E-state index in [2.05, 4.69) is 51.1 Å². The van der Waals surface area contributed by atoms with E-state index in [4.69, 9.17) is 42.9 Å². The van der Waals surface area contributed by atoms with Crippen LogP contribution >= 0.6 is 11.3 Å². The number of carbonyl (C=O) groups is 2. The molecule has 336 valence electrons. The molecule has 1 aromatic heterocycles. The topological polar surface area (TPSA) is 124 Å². The number of cyclic esters (lactones) is 1. The number of aromatic nitrogens is 1. The quantitative estimate of drug-likeness (QED) is 0.218. The van der Waals surface area contributed by atoms with Crippen LogP contribution in [-0.2, 0) is 47.5 Å². The van der Waals surface area contributed by atoms with Crippen molar-refractivity contribution in [2.45, 2.75) is 165 Å². The first-order chi connectivity index (χ1) is 29.4. The molecule has 2 aromatic rings. The first-order valence-corrected chi connectivity index (χ1v) is 23.6. The lowest BCUT2D eigenvalue weighted by Crippen LogP contribution is -2.59. The summed E-state index contributed by atoms with van der Waals surface area (Å²) in [5, 5.41) is 0.952. The molecule has 4 fully saturated rings. The molecular formula is C48H68N2O10S. The van der Waals surface area contributed by atoms with Crippen molar-refractivity contribution in [3.05, 3.63) is 52.6 Å². The second kappa shape index (κ2) is 19.3. The van der Waals surface area contributed by atoms with Crippen molar-refractivity contribution in [2.24, 2.45) is 23.7 Å². The Balaban J connectivity index is 1.13. The average Bonchev–Trinajstić information content (AvgIpc) is 3.98. The van der Waals surface area contributed by atoms with E-state index in [1.165, 1.54) is 4.88 Å². The smallest absolute Gasteiger partial charge is 0.306 e. The molecule has 12 nitrogen and oxygen atoms in total. The number of ketones is 1. The predicted octanol–water partition coefficient (Wildman–Crippen LogP) is 7.69. The number of nitrogens with zero attached hydrogens (tertiary/aromatic N) is 2. The zero-order valence-corrected chi connectivity index (χ0v) is 38.3. The summed E-state index contributed by atoms with van der Waals surface area (Å²) in [6, 6.07) is 10.6. The summed E-state index contributed by atoms with van der Waals surface area (Å²) in [6.07, 6.45) is 5.40. The van der Waals surface area contributed by atoms with Gasteiger partial charge in [0.2, 0.25) is 0 Å². The van der Waals surface area contributed by atoms with Crippen LogP contribution in [-0.4, -0.2) is 125 Å². The number of methoxy groups -OCH3 is 3. The van der Waals surface area contributed by atoms with Crippen molar-refractivity contribution in [2.75, 3.05) is 35.4 Å². The molecule has 13 heteroatoms.